The monoisotopic (exact) mass is 272 g/mol. The average molecular weight is 272 g/mol. The van der Waals surface area contributed by atoms with E-state index >= 15 is 0 Å². The van der Waals surface area contributed by atoms with E-state index in [1.54, 1.807) is 13.8 Å². The van der Waals surface area contributed by atoms with Gasteiger partial charge in [0.15, 0.2) is 0 Å². The highest BCUT2D eigenvalue weighted by molar-refractivity contribution is 7.85. The van der Waals surface area contributed by atoms with E-state index < -0.39 is 16.0 Å². The smallest absolute Gasteiger partial charge is 0.235 e. The first-order chi connectivity index (χ1) is 8.47. The normalized spacial score (nSPS) is 14.2. The number of rotatable bonds is 6. The maximum Gasteiger partial charge on any atom is 0.235 e. The van der Waals surface area contributed by atoms with Gasteiger partial charge in [0.1, 0.15) is 11.0 Å². The summed E-state index contributed by atoms with van der Waals surface area (Å²) in [4.78, 5) is 11.7. The van der Waals surface area contributed by atoms with Gasteiger partial charge in [-0.1, -0.05) is 12.1 Å². The standard InChI is InChI=1S/C12H20N2O3S/c1-5-6-13-12(15)10(4)18(16)7-11-8(2)14-17-9(11)3/h10H,5-7H2,1-4H3,(H,13,15)/t10-,18+/m1/s1. The van der Waals surface area contributed by atoms with E-state index in [0.29, 0.717) is 18.1 Å². The Labute approximate surface area is 110 Å². The summed E-state index contributed by atoms with van der Waals surface area (Å²) in [6.07, 6.45) is 0.870. The number of hydrogen-bond acceptors (Lipinski definition) is 4. The van der Waals surface area contributed by atoms with Crippen molar-refractivity contribution in [3.05, 3.63) is 17.0 Å². The van der Waals surface area contributed by atoms with Gasteiger partial charge in [-0.2, -0.15) is 0 Å². The molecule has 0 aliphatic rings. The van der Waals surface area contributed by atoms with Crippen molar-refractivity contribution < 1.29 is 13.5 Å². The molecule has 5 nitrogen and oxygen atoms in total. The van der Waals surface area contributed by atoms with E-state index in [1.807, 2.05) is 13.8 Å². The number of amides is 1. The minimum Gasteiger partial charge on any atom is -0.361 e. The molecule has 1 aromatic heterocycles. The molecule has 0 bridgehead atoms. The van der Waals surface area contributed by atoms with Gasteiger partial charge in [0.05, 0.1) is 11.4 Å². The van der Waals surface area contributed by atoms with Crippen LogP contribution in [0, 0.1) is 13.8 Å². The zero-order valence-electron chi connectivity index (χ0n) is 11.3. The summed E-state index contributed by atoms with van der Waals surface area (Å²) >= 11 is 0. The topological polar surface area (TPSA) is 72.2 Å². The molecular formula is C12H20N2O3S. The number of carbonyl (C=O) groups is 1. The van der Waals surface area contributed by atoms with Crippen LogP contribution in [0.1, 0.15) is 37.3 Å². The summed E-state index contributed by atoms with van der Waals surface area (Å²) in [5.74, 6) is 0.811. The fraction of sp³-hybridized carbons (Fsp3) is 0.667. The van der Waals surface area contributed by atoms with Crippen LogP contribution in [0.3, 0.4) is 0 Å². The molecule has 6 heteroatoms. The third kappa shape index (κ3) is 3.66. The number of carbonyl (C=O) groups excluding carboxylic acids is 1. The molecule has 0 spiro atoms. The Morgan fingerprint density at radius 1 is 1.50 bits per heavy atom. The Kier molecular flexibility index (Phi) is 5.53. The van der Waals surface area contributed by atoms with E-state index in [-0.39, 0.29) is 5.91 Å². The Balaban J connectivity index is 2.63. The van der Waals surface area contributed by atoms with Gasteiger partial charge in [-0.25, -0.2) is 0 Å². The first-order valence-corrected chi connectivity index (χ1v) is 7.42. The highest BCUT2D eigenvalue weighted by Gasteiger charge is 2.22. The third-order valence-corrected chi connectivity index (χ3v) is 4.36. The Hall–Kier alpha value is -1.17. The van der Waals surface area contributed by atoms with Gasteiger partial charge in [-0.05, 0) is 27.2 Å². The number of aryl methyl sites for hydroxylation is 2. The highest BCUT2D eigenvalue weighted by Crippen LogP contribution is 2.16. The van der Waals surface area contributed by atoms with Crippen molar-refractivity contribution in [1.29, 1.82) is 0 Å². The highest BCUT2D eigenvalue weighted by atomic mass is 32.2. The molecule has 0 saturated carbocycles. The molecule has 0 aliphatic carbocycles. The maximum absolute atomic E-state index is 12.1. The number of nitrogens with zero attached hydrogens (tertiary/aromatic N) is 1. The summed E-state index contributed by atoms with van der Waals surface area (Å²) in [6, 6.07) is 0. The van der Waals surface area contributed by atoms with Gasteiger partial charge in [0.2, 0.25) is 5.91 Å². The van der Waals surface area contributed by atoms with Gasteiger partial charge >= 0.3 is 0 Å². The Morgan fingerprint density at radius 2 is 2.17 bits per heavy atom. The van der Waals surface area contributed by atoms with E-state index in [9.17, 15) is 9.00 Å². The van der Waals surface area contributed by atoms with Gasteiger partial charge in [0, 0.05) is 22.9 Å². The van der Waals surface area contributed by atoms with Gasteiger partial charge in [-0.15, -0.1) is 0 Å². The molecule has 1 heterocycles. The van der Waals surface area contributed by atoms with Crippen LogP contribution >= 0.6 is 0 Å². The zero-order valence-corrected chi connectivity index (χ0v) is 12.1. The second-order valence-corrected chi connectivity index (χ2v) is 6.02. The van der Waals surface area contributed by atoms with Crippen LogP contribution in [0.25, 0.3) is 0 Å². The second kappa shape index (κ2) is 6.68. The summed E-state index contributed by atoms with van der Waals surface area (Å²) < 4.78 is 17.1. The predicted octanol–water partition coefficient (Wildman–Crippen LogP) is 1.45. The van der Waals surface area contributed by atoms with Crippen molar-refractivity contribution >= 4 is 16.7 Å². The molecule has 1 rings (SSSR count). The molecule has 1 N–H and O–H groups in total. The van der Waals surface area contributed by atoms with Crippen LogP contribution in [0.5, 0.6) is 0 Å². The quantitative estimate of drug-likeness (QED) is 0.851. The average Bonchev–Trinajstić information content (AvgIpc) is 2.66. The van der Waals surface area contributed by atoms with E-state index in [2.05, 4.69) is 10.5 Å². The lowest BCUT2D eigenvalue weighted by molar-refractivity contribution is -0.120. The van der Waals surface area contributed by atoms with Crippen molar-refractivity contribution in [3.8, 4) is 0 Å². The molecule has 2 atom stereocenters. The summed E-state index contributed by atoms with van der Waals surface area (Å²) in [5, 5.41) is 6.04. The largest absolute Gasteiger partial charge is 0.361 e. The van der Waals surface area contributed by atoms with E-state index in [0.717, 1.165) is 17.7 Å². The van der Waals surface area contributed by atoms with Crippen molar-refractivity contribution in [3.63, 3.8) is 0 Å². The van der Waals surface area contributed by atoms with Gasteiger partial charge < -0.3 is 9.84 Å². The van der Waals surface area contributed by atoms with Crippen molar-refractivity contribution in [2.24, 2.45) is 0 Å². The molecule has 0 saturated heterocycles. The zero-order chi connectivity index (χ0) is 13.7. The van der Waals surface area contributed by atoms with Crippen LogP contribution in [0.4, 0.5) is 0 Å². The fourth-order valence-electron chi connectivity index (χ4n) is 1.49. The molecule has 0 radical (unpaired) electrons. The van der Waals surface area contributed by atoms with Crippen LogP contribution in [0.15, 0.2) is 4.52 Å². The SMILES string of the molecule is CCCNC(=O)[C@@H](C)[S@@](=O)Cc1c(C)noc1C. The van der Waals surface area contributed by atoms with Gasteiger partial charge in [-0.3, -0.25) is 9.00 Å². The molecule has 0 fully saturated rings. The minimum absolute atomic E-state index is 0.165. The number of aromatic nitrogens is 1. The maximum atomic E-state index is 12.1. The first kappa shape index (κ1) is 14.9. The molecule has 1 aromatic rings. The third-order valence-electron chi connectivity index (χ3n) is 2.78. The fourth-order valence-corrected chi connectivity index (χ4v) is 2.76. The van der Waals surface area contributed by atoms with Crippen LogP contribution in [-0.4, -0.2) is 27.1 Å². The second-order valence-electron chi connectivity index (χ2n) is 4.26. The molecule has 102 valence electrons. The van der Waals surface area contributed by atoms with Crippen LogP contribution < -0.4 is 5.32 Å². The minimum atomic E-state index is -1.26. The van der Waals surface area contributed by atoms with Crippen molar-refractivity contribution in [2.45, 2.75) is 45.1 Å². The molecule has 0 aliphatic heterocycles. The number of nitrogens with one attached hydrogen (secondary N) is 1. The lowest BCUT2D eigenvalue weighted by atomic mass is 10.2. The summed E-state index contributed by atoms with van der Waals surface area (Å²) in [5.41, 5.74) is 1.57. The van der Waals surface area contributed by atoms with Crippen LogP contribution in [-0.2, 0) is 21.3 Å². The van der Waals surface area contributed by atoms with Gasteiger partial charge in [0.25, 0.3) is 0 Å². The van der Waals surface area contributed by atoms with Crippen LogP contribution in [0.2, 0.25) is 0 Å². The lowest BCUT2D eigenvalue weighted by Gasteiger charge is -2.11. The van der Waals surface area contributed by atoms with Crippen molar-refractivity contribution in [2.75, 3.05) is 6.54 Å². The summed E-state index contributed by atoms with van der Waals surface area (Å²) in [6.45, 7) is 7.87. The molecular weight excluding hydrogens is 252 g/mol. The molecule has 0 unspecified atom stereocenters. The lowest BCUT2D eigenvalue weighted by Crippen LogP contribution is -2.36. The predicted molar refractivity (Wildman–Crippen MR) is 70.6 cm³/mol. The summed E-state index contributed by atoms with van der Waals surface area (Å²) in [7, 11) is -1.26. The first-order valence-electron chi connectivity index (χ1n) is 6.04. The molecule has 0 aromatic carbocycles. The molecule has 18 heavy (non-hydrogen) atoms. The Bertz CT molecular complexity index is 423. The molecule has 1 amide bonds. The van der Waals surface area contributed by atoms with E-state index in [4.69, 9.17) is 4.52 Å². The number of hydrogen-bond donors (Lipinski definition) is 1. The van der Waals surface area contributed by atoms with Crippen molar-refractivity contribution in [1.82, 2.24) is 10.5 Å². The van der Waals surface area contributed by atoms with E-state index in [1.165, 1.54) is 0 Å². The Morgan fingerprint density at radius 3 is 2.67 bits per heavy atom.